The zero-order chi connectivity index (χ0) is 10.4. The second-order valence-corrected chi connectivity index (χ2v) is 2.79. The van der Waals surface area contributed by atoms with Gasteiger partial charge >= 0.3 is 0 Å². The number of nitrogens with one attached hydrogen (secondary N) is 1. The molecule has 0 bridgehead atoms. The maximum atomic E-state index is 8.47. The van der Waals surface area contributed by atoms with Gasteiger partial charge in [0.15, 0.2) is 0 Å². The summed E-state index contributed by atoms with van der Waals surface area (Å²) in [5, 5.41) is 19.8. The molecule has 3 nitrogen and oxygen atoms in total. The minimum atomic E-state index is 0.0607. The molecule has 1 aromatic rings. The van der Waals surface area contributed by atoms with Crippen molar-refractivity contribution in [1.82, 2.24) is 0 Å². The van der Waals surface area contributed by atoms with Crippen molar-refractivity contribution in [2.24, 2.45) is 0 Å². The molecule has 3 heteroatoms. The van der Waals surface area contributed by atoms with Crippen molar-refractivity contribution in [3.05, 3.63) is 41.6 Å². The van der Waals surface area contributed by atoms with Crippen LogP contribution in [0.1, 0.15) is 5.56 Å². The standard InChI is InChI=1S/C11H9N3/c1-9-2-4-11(5-3-9)14-8-10(6-12)7-13/h2-5,8,14H,1H3. The molecule has 0 aliphatic heterocycles. The number of allylic oxidation sites excluding steroid dienone is 1. The van der Waals surface area contributed by atoms with Gasteiger partial charge in [0.05, 0.1) is 0 Å². The van der Waals surface area contributed by atoms with E-state index in [4.69, 9.17) is 10.5 Å². The summed E-state index contributed by atoms with van der Waals surface area (Å²) >= 11 is 0. The molecule has 0 saturated heterocycles. The Kier molecular flexibility index (Phi) is 3.29. The van der Waals surface area contributed by atoms with Gasteiger partial charge in [-0.15, -0.1) is 0 Å². The van der Waals surface area contributed by atoms with Gasteiger partial charge in [0.25, 0.3) is 0 Å². The number of hydrogen-bond donors (Lipinski definition) is 1. The maximum Gasteiger partial charge on any atom is 0.145 e. The molecule has 68 valence electrons. The molecule has 1 N–H and O–H groups in total. The lowest BCUT2D eigenvalue weighted by Gasteiger charge is -1.99. The van der Waals surface area contributed by atoms with Crippen molar-refractivity contribution in [3.8, 4) is 12.1 Å². The van der Waals surface area contributed by atoms with E-state index in [0.29, 0.717) is 0 Å². The fourth-order valence-electron chi connectivity index (χ4n) is 0.895. The van der Waals surface area contributed by atoms with Gasteiger partial charge in [0.2, 0.25) is 0 Å². The Bertz CT molecular complexity index is 399. The van der Waals surface area contributed by atoms with Crippen LogP contribution < -0.4 is 5.32 Å². The van der Waals surface area contributed by atoms with Crippen molar-refractivity contribution < 1.29 is 0 Å². The highest BCUT2D eigenvalue weighted by atomic mass is 14.8. The maximum absolute atomic E-state index is 8.47. The second kappa shape index (κ2) is 4.69. The van der Waals surface area contributed by atoms with E-state index in [-0.39, 0.29) is 5.57 Å². The van der Waals surface area contributed by atoms with Gasteiger partial charge in [0, 0.05) is 11.9 Å². The van der Waals surface area contributed by atoms with E-state index in [1.54, 1.807) is 12.1 Å². The third-order valence-corrected chi connectivity index (χ3v) is 1.68. The quantitative estimate of drug-likeness (QED) is 0.716. The molecule has 0 saturated carbocycles. The number of nitriles is 2. The Morgan fingerprint density at radius 2 is 1.79 bits per heavy atom. The van der Waals surface area contributed by atoms with Gasteiger partial charge in [-0.25, -0.2) is 0 Å². The molecule has 1 aromatic carbocycles. The lowest BCUT2D eigenvalue weighted by Crippen LogP contribution is -1.89. The molecule has 0 unspecified atom stereocenters. The molecule has 0 heterocycles. The Labute approximate surface area is 82.9 Å². The van der Waals surface area contributed by atoms with Crippen LogP contribution in [0.15, 0.2) is 36.0 Å². The highest BCUT2D eigenvalue weighted by Gasteiger charge is 1.91. The van der Waals surface area contributed by atoms with Crippen LogP contribution in [-0.4, -0.2) is 0 Å². The first-order valence-electron chi connectivity index (χ1n) is 4.10. The highest BCUT2D eigenvalue weighted by molar-refractivity contribution is 5.49. The van der Waals surface area contributed by atoms with Gasteiger partial charge in [-0.1, -0.05) is 17.7 Å². The van der Waals surface area contributed by atoms with E-state index < -0.39 is 0 Å². The molecule has 0 amide bonds. The highest BCUT2D eigenvalue weighted by Crippen LogP contribution is 2.08. The Morgan fingerprint density at radius 3 is 2.29 bits per heavy atom. The first kappa shape index (κ1) is 9.83. The number of hydrogen-bond acceptors (Lipinski definition) is 3. The second-order valence-electron chi connectivity index (χ2n) is 2.79. The zero-order valence-corrected chi connectivity index (χ0v) is 7.78. The number of rotatable bonds is 2. The Morgan fingerprint density at radius 1 is 1.21 bits per heavy atom. The van der Waals surface area contributed by atoms with E-state index in [9.17, 15) is 0 Å². The summed E-state index contributed by atoms with van der Waals surface area (Å²) in [6.45, 7) is 2.00. The summed E-state index contributed by atoms with van der Waals surface area (Å²) < 4.78 is 0. The van der Waals surface area contributed by atoms with E-state index in [1.165, 1.54) is 11.8 Å². The van der Waals surface area contributed by atoms with Gasteiger partial charge in [0.1, 0.15) is 17.7 Å². The minimum Gasteiger partial charge on any atom is -0.360 e. The first-order valence-corrected chi connectivity index (χ1v) is 4.10. The molecule has 0 aliphatic rings. The number of anilines is 1. The van der Waals surface area contributed by atoms with Crippen LogP contribution in [0, 0.1) is 29.6 Å². The van der Waals surface area contributed by atoms with Crippen LogP contribution in [0.5, 0.6) is 0 Å². The topological polar surface area (TPSA) is 59.6 Å². The van der Waals surface area contributed by atoms with E-state index >= 15 is 0 Å². The van der Waals surface area contributed by atoms with Crippen LogP contribution in [-0.2, 0) is 0 Å². The SMILES string of the molecule is Cc1ccc(NC=C(C#N)C#N)cc1. The van der Waals surface area contributed by atoms with Gasteiger partial charge in [-0.3, -0.25) is 0 Å². The van der Waals surface area contributed by atoms with E-state index in [2.05, 4.69) is 5.32 Å². The van der Waals surface area contributed by atoms with E-state index in [1.807, 2.05) is 31.2 Å². The van der Waals surface area contributed by atoms with Crippen LogP contribution in [0.25, 0.3) is 0 Å². The molecule has 0 spiro atoms. The molecule has 14 heavy (non-hydrogen) atoms. The molecular formula is C11H9N3. The first-order chi connectivity index (χ1) is 6.76. The van der Waals surface area contributed by atoms with Crippen molar-refractivity contribution in [1.29, 1.82) is 10.5 Å². The zero-order valence-electron chi connectivity index (χ0n) is 7.78. The smallest absolute Gasteiger partial charge is 0.145 e. The van der Waals surface area contributed by atoms with Crippen LogP contribution in [0.3, 0.4) is 0 Å². The van der Waals surface area contributed by atoms with Crippen molar-refractivity contribution in [3.63, 3.8) is 0 Å². The Hall–Kier alpha value is -2.26. The number of nitrogens with zero attached hydrogens (tertiary/aromatic N) is 2. The molecular weight excluding hydrogens is 174 g/mol. The predicted molar refractivity (Wildman–Crippen MR) is 54.1 cm³/mol. The summed E-state index contributed by atoms with van der Waals surface area (Å²) in [5.74, 6) is 0. The normalized spacial score (nSPS) is 8.21. The molecule has 1 rings (SSSR count). The molecule has 0 atom stereocenters. The fourth-order valence-corrected chi connectivity index (χ4v) is 0.895. The summed E-state index contributed by atoms with van der Waals surface area (Å²) in [6, 6.07) is 11.2. The van der Waals surface area contributed by atoms with Gasteiger partial charge < -0.3 is 5.32 Å². The molecule has 0 aliphatic carbocycles. The third kappa shape index (κ3) is 2.66. The van der Waals surface area contributed by atoms with Crippen LogP contribution in [0.4, 0.5) is 5.69 Å². The van der Waals surface area contributed by atoms with E-state index in [0.717, 1.165) is 5.69 Å². The van der Waals surface area contributed by atoms with Crippen LogP contribution in [0.2, 0.25) is 0 Å². The van der Waals surface area contributed by atoms with Gasteiger partial charge in [-0.2, -0.15) is 10.5 Å². The van der Waals surface area contributed by atoms with Crippen molar-refractivity contribution >= 4 is 5.69 Å². The number of aryl methyl sites for hydroxylation is 1. The minimum absolute atomic E-state index is 0.0607. The molecule has 0 radical (unpaired) electrons. The number of benzene rings is 1. The molecule has 0 fully saturated rings. The summed E-state index contributed by atoms with van der Waals surface area (Å²) in [7, 11) is 0. The lowest BCUT2D eigenvalue weighted by atomic mass is 10.2. The Balaban J connectivity index is 2.73. The average Bonchev–Trinajstić information content (AvgIpc) is 2.22. The van der Waals surface area contributed by atoms with Crippen molar-refractivity contribution in [2.75, 3.05) is 5.32 Å². The monoisotopic (exact) mass is 183 g/mol. The average molecular weight is 183 g/mol. The summed E-state index contributed by atoms with van der Waals surface area (Å²) in [6.07, 6.45) is 1.39. The van der Waals surface area contributed by atoms with Crippen molar-refractivity contribution in [2.45, 2.75) is 6.92 Å². The third-order valence-electron chi connectivity index (χ3n) is 1.68. The molecule has 0 aromatic heterocycles. The summed E-state index contributed by atoms with van der Waals surface area (Å²) in [4.78, 5) is 0. The largest absolute Gasteiger partial charge is 0.360 e. The predicted octanol–water partition coefficient (Wildman–Crippen LogP) is 2.34. The lowest BCUT2D eigenvalue weighted by molar-refractivity contribution is 1.43. The van der Waals surface area contributed by atoms with Gasteiger partial charge in [-0.05, 0) is 19.1 Å². The van der Waals surface area contributed by atoms with Crippen LogP contribution >= 0.6 is 0 Å². The fraction of sp³-hybridized carbons (Fsp3) is 0.0909. The summed E-state index contributed by atoms with van der Waals surface area (Å²) in [5.41, 5.74) is 2.09.